The highest BCUT2D eigenvalue weighted by atomic mass is 32.1. The molecule has 0 bridgehead atoms. The van der Waals surface area contributed by atoms with E-state index in [1.807, 2.05) is 17.4 Å². The zero-order chi connectivity index (χ0) is 87.0. The molecule has 8 heteroatoms. The molecule has 20 aromatic carbocycles. The first-order valence-electron chi connectivity index (χ1n) is 45.2. The van der Waals surface area contributed by atoms with Crippen molar-refractivity contribution in [3.05, 3.63) is 476 Å². The smallest absolute Gasteiger partial charge is 0.143 e. The average molecular weight is 1710 g/mol. The topological polar surface area (TPSA) is 58.4 Å². The Bertz CT molecular complexity index is 8870. The van der Waals surface area contributed by atoms with E-state index in [0.717, 1.165) is 218 Å². The van der Waals surface area contributed by atoms with Gasteiger partial charge in [-0.3, -0.25) is 0 Å². The molecule has 0 saturated heterocycles. The number of hydrogen-bond donors (Lipinski definition) is 0. The van der Waals surface area contributed by atoms with E-state index in [2.05, 4.69) is 465 Å². The lowest BCUT2D eigenvalue weighted by molar-refractivity contribution is 0.436. The molecule has 24 aromatic rings. The van der Waals surface area contributed by atoms with E-state index in [0.29, 0.717) is 0 Å². The van der Waals surface area contributed by atoms with Gasteiger partial charge in [-0.15, -0.1) is 11.3 Å². The molecule has 620 valence electrons. The van der Waals surface area contributed by atoms with Crippen LogP contribution in [0.25, 0.3) is 164 Å². The number of benzene rings is 20. The number of hydrogen-bond acceptors (Lipinski definition) is 8. The van der Waals surface area contributed by atoms with Crippen LogP contribution >= 0.6 is 11.3 Å². The first kappa shape index (κ1) is 75.4. The van der Waals surface area contributed by atoms with Crippen LogP contribution in [0.4, 0.5) is 51.2 Å². The molecular formula is C124H79N3O4S. The van der Waals surface area contributed by atoms with Crippen LogP contribution < -0.4 is 19.4 Å². The fraction of sp³-hybridized carbons (Fsp3) is 0.0323. The van der Waals surface area contributed by atoms with Crippen LogP contribution in [0.15, 0.2) is 456 Å². The third-order valence-corrected chi connectivity index (χ3v) is 29.2. The SMILES string of the molecule is CC1(C)c2ccccc2-c2ccc(N(c3ccc(-c4ccc5c(c4)Oc4ccc(N(c6ccccc6)c6cc(-c7ccccc7)cc7oc8ccccc8c67)cc4C54c5ccccc5-c5cc(N(c6cccc(-c7cccc8c7oc7ccccc78)c6)c6cc(-c7ccccc7)c7oc8ccccc8c7c6)ccc54)cc3)c3cc4c(cc3-c3ccccc3)sc3ccccc34)cc21. The lowest BCUT2D eigenvalue weighted by Crippen LogP contribution is -2.32. The fourth-order valence-corrected chi connectivity index (χ4v) is 23.2. The van der Waals surface area contributed by atoms with Gasteiger partial charge in [0.1, 0.15) is 45.0 Å². The fourth-order valence-electron chi connectivity index (χ4n) is 22.1. The molecule has 1 spiro atoms. The predicted molar refractivity (Wildman–Crippen MR) is 547 cm³/mol. The number of furan rings is 3. The summed E-state index contributed by atoms with van der Waals surface area (Å²) >= 11 is 1.86. The highest BCUT2D eigenvalue weighted by Gasteiger charge is 2.52. The van der Waals surface area contributed by atoms with Crippen molar-refractivity contribution in [1.82, 2.24) is 0 Å². The van der Waals surface area contributed by atoms with Crippen LogP contribution in [0.5, 0.6) is 11.5 Å². The van der Waals surface area contributed by atoms with Gasteiger partial charge < -0.3 is 32.7 Å². The molecule has 1 unspecified atom stereocenters. The number of para-hydroxylation sites is 5. The van der Waals surface area contributed by atoms with Crippen molar-refractivity contribution in [3.8, 4) is 89.4 Å². The number of rotatable bonds is 14. The molecule has 4 aromatic heterocycles. The Morgan fingerprint density at radius 3 is 1.47 bits per heavy atom. The number of thiophene rings is 1. The van der Waals surface area contributed by atoms with Gasteiger partial charge in [-0.2, -0.15) is 0 Å². The summed E-state index contributed by atoms with van der Waals surface area (Å²) in [6.07, 6.45) is 0. The van der Waals surface area contributed by atoms with Crippen molar-refractivity contribution < 1.29 is 18.0 Å². The van der Waals surface area contributed by atoms with Gasteiger partial charge in [0, 0.05) is 120 Å². The van der Waals surface area contributed by atoms with E-state index in [1.54, 1.807) is 0 Å². The Hall–Kier alpha value is -16.8. The monoisotopic (exact) mass is 1710 g/mol. The van der Waals surface area contributed by atoms with Crippen LogP contribution in [-0.2, 0) is 10.8 Å². The highest BCUT2D eigenvalue weighted by Crippen LogP contribution is 2.65. The number of anilines is 9. The average Bonchev–Trinajstić information content (AvgIpc) is 1.49. The maximum absolute atomic E-state index is 7.78. The van der Waals surface area contributed by atoms with Crippen LogP contribution in [0.3, 0.4) is 0 Å². The second-order valence-electron chi connectivity index (χ2n) is 35.6. The van der Waals surface area contributed by atoms with Crippen molar-refractivity contribution in [2.45, 2.75) is 24.7 Å². The molecule has 132 heavy (non-hydrogen) atoms. The van der Waals surface area contributed by atoms with Gasteiger partial charge in [0.25, 0.3) is 0 Å². The Morgan fingerprint density at radius 1 is 0.212 bits per heavy atom. The molecule has 1 aliphatic heterocycles. The quantitative estimate of drug-likeness (QED) is 0.108. The lowest BCUT2D eigenvalue weighted by atomic mass is 9.65. The van der Waals surface area contributed by atoms with Crippen LogP contribution in [0, 0.1) is 0 Å². The molecule has 3 aliphatic rings. The summed E-state index contributed by atoms with van der Waals surface area (Å²) in [6, 6.07) is 162. The molecule has 5 heterocycles. The molecule has 0 saturated carbocycles. The van der Waals surface area contributed by atoms with Crippen molar-refractivity contribution >= 4 is 149 Å². The summed E-state index contributed by atoms with van der Waals surface area (Å²) in [5.74, 6) is 1.52. The minimum absolute atomic E-state index is 0.235. The molecule has 0 radical (unpaired) electrons. The first-order chi connectivity index (χ1) is 65.2. The van der Waals surface area contributed by atoms with E-state index in [-0.39, 0.29) is 5.41 Å². The zero-order valence-electron chi connectivity index (χ0n) is 72.0. The molecular weight excluding hydrogens is 1630 g/mol. The van der Waals surface area contributed by atoms with Crippen molar-refractivity contribution in [2.75, 3.05) is 14.7 Å². The van der Waals surface area contributed by atoms with Gasteiger partial charge in [-0.05, 0) is 229 Å². The summed E-state index contributed by atoms with van der Waals surface area (Å²) in [5, 5.41) is 8.75. The second-order valence-corrected chi connectivity index (χ2v) is 36.7. The molecule has 0 amide bonds. The lowest BCUT2D eigenvalue weighted by Gasteiger charge is -2.40. The van der Waals surface area contributed by atoms with Crippen LogP contribution in [0.1, 0.15) is 47.2 Å². The summed E-state index contributed by atoms with van der Waals surface area (Å²) in [5.41, 5.74) is 35.1. The van der Waals surface area contributed by atoms with Gasteiger partial charge in [0.15, 0.2) is 0 Å². The normalized spacial score (nSPS) is 13.8. The minimum atomic E-state index is -0.986. The maximum Gasteiger partial charge on any atom is 0.143 e. The number of ether oxygens (including phenoxy) is 1. The molecule has 7 nitrogen and oxygen atoms in total. The predicted octanol–water partition coefficient (Wildman–Crippen LogP) is 35.3. The van der Waals surface area contributed by atoms with Gasteiger partial charge in [0.2, 0.25) is 0 Å². The summed E-state index contributed by atoms with van der Waals surface area (Å²) in [4.78, 5) is 7.38. The van der Waals surface area contributed by atoms with Crippen molar-refractivity contribution in [1.29, 1.82) is 0 Å². The van der Waals surface area contributed by atoms with Gasteiger partial charge in [0.05, 0.1) is 22.2 Å². The third kappa shape index (κ3) is 11.6. The molecule has 0 N–H and O–H groups in total. The summed E-state index contributed by atoms with van der Waals surface area (Å²) < 4.78 is 31.1. The van der Waals surface area contributed by atoms with Gasteiger partial charge in [-0.1, -0.05) is 311 Å². The van der Waals surface area contributed by atoms with E-state index in [1.165, 1.54) is 42.4 Å². The summed E-state index contributed by atoms with van der Waals surface area (Å²) in [7, 11) is 0. The van der Waals surface area contributed by atoms with E-state index >= 15 is 0 Å². The Morgan fingerprint density at radius 2 is 0.712 bits per heavy atom. The largest absolute Gasteiger partial charge is 0.457 e. The Balaban J connectivity index is 0.670. The molecule has 0 fully saturated rings. The minimum Gasteiger partial charge on any atom is -0.457 e. The van der Waals surface area contributed by atoms with E-state index in [4.69, 9.17) is 18.0 Å². The standard InChI is InChI=1S/C124H79N3O4S/c1-123(2)104-47-21-15-39-91(104)93-61-58-87(72-108(93)123)126(110-74-102-96-43-20-26-52-118(96)132-119(102)75-99(110)78-31-9-4-10-32-78)84-56-53-77(54-57-84)80-55-62-107-116(67-80)129-115-64-60-88(127(83-36-13-6-14-37-83)111-66-82(76-29-7-3-8-30-76)68-117-120(111)98-44-19-25-51-114(98)128-117)73-109(115)124(107)105-48-22-16-40-92(105)101-69-86(59-63-106(101)124)125(85-38-27-35-81(65-85)90-45-28-46-97-94-41-17-23-49-112(94)130-121(90)97)89-70-100(79-33-11-5-12-34-79)122-103(71-89)95-42-18-24-50-113(95)131-122/h3-75H,1-2H3. The Kier molecular flexibility index (Phi) is 16.8. The summed E-state index contributed by atoms with van der Waals surface area (Å²) in [6.45, 7) is 4.75. The molecule has 1 atom stereocenters. The second kappa shape index (κ2) is 29.4. The van der Waals surface area contributed by atoms with E-state index in [9.17, 15) is 0 Å². The molecule has 27 rings (SSSR count). The number of nitrogens with zero attached hydrogens (tertiary/aromatic N) is 3. The van der Waals surface area contributed by atoms with E-state index < -0.39 is 5.41 Å². The van der Waals surface area contributed by atoms with Crippen LogP contribution in [-0.4, -0.2) is 0 Å². The maximum atomic E-state index is 7.78. The number of fused-ring (bicyclic) bond motifs is 24. The zero-order valence-corrected chi connectivity index (χ0v) is 72.8. The van der Waals surface area contributed by atoms with Crippen molar-refractivity contribution in [2.24, 2.45) is 0 Å². The highest BCUT2D eigenvalue weighted by molar-refractivity contribution is 7.25. The third-order valence-electron chi connectivity index (χ3n) is 28.1. The van der Waals surface area contributed by atoms with Crippen LogP contribution in [0.2, 0.25) is 0 Å². The van der Waals surface area contributed by atoms with Crippen molar-refractivity contribution in [3.63, 3.8) is 0 Å². The first-order valence-corrected chi connectivity index (χ1v) is 46.0. The van der Waals surface area contributed by atoms with Gasteiger partial charge in [-0.25, -0.2) is 0 Å². The van der Waals surface area contributed by atoms with Gasteiger partial charge >= 0.3 is 0 Å². The molecule has 2 aliphatic carbocycles. The Labute approximate surface area is 766 Å².